The summed E-state index contributed by atoms with van der Waals surface area (Å²) in [5, 5.41) is 27.8. The van der Waals surface area contributed by atoms with Gasteiger partial charge in [-0.05, 0) is 69.1 Å². The van der Waals surface area contributed by atoms with Gasteiger partial charge < -0.3 is 25.6 Å². The van der Waals surface area contributed by atoms with Crippen LogP contribution in [0.5, 0.6) is 5.75 Å². The number of benzene rings is 2. The van der Waals surface area contributed by atoms with Gasteiger partial charge in [-0.3, -0.25) is 4.79 Å². The van der Waals surface area contributed by atoms with E-state index in [1.807, 2.05) is 56.3 Å². The molecule has 0 spiro atoms. The molecule has 2 aromatic carbocycles. The van der Waals surface area contributed by atoms with Gasteiger partial charge in [-0.1, -0.05) is 89.9 Å². The number of aromatic hydroxyl groups is 1. The van der Waals surface area contributed by atoms with E-state index >= 15 is 0 Å². The summed E-state index contributed by atoms with van der Waals surface area (Å²) in [6, 6.07) is 14.8. The van der Waals surface area contributed by atoms with Crippen LogP contribution >= 0.6 is 0 Å². The van der Waals surface area contributed by atoms with Crippen molar-refractivity contribution in [3.63, 3.8) is 0 Å². The van der Waals surface area contributed by atoms with Crippen molar-refractivity contribution in [3.05, 3.63) is 54.1 Å². The number of unbranched alkanes of at least 4 members (excludes halogenated alkanes) is 1. The average Bonchev–Trinajstić information content (AvgIpc) is 2.88. The molecule has 2 rings (SSSR count). The van der Waals surface area contributed by atoms with Crippen molar-refractivity contribution in [1.82, 2.24) is 10.6 Å². The van der Waals surface area contributed by atoms with E-state index in [1.165, 1.54) is 0 Å². The minimum atomic E-state index is -1.01. The van der Waals surface area contributed by atoms with E-state index in [0.717, 1.165) is 36.0 Å². The van der Waals surface area contributed by atoms with Crippen molar-refractivity contribution in [1.29, 1.82) is 0 Å². The predicted molar refractivity (Wildman–Crippen MR) is 166 cm³/mol. The summed E-state index contributed by atoms with van der Waals surface area (Å²) in [5.74, 6) is 0.399. The van der Waals surface area contributed by atoms with Crippen LogP contribution in [0.1, 0.15) is 86.6 Å². The fraction of sp³-hybridized carbons (Fsp3) is 0.588. The Hall–Kier alpha value is -3.06. The second-order valence-electron chi connectivity index (χ2n) is 13.2. The zero-order chi connectivity index (χ0) is 30.8. The number of amides is 2. The smallest absolute Gasteiger partial charge is 0.407 e. The van der Waals surface area contributed by atoms with Gasteiger partial charge in [0.2, 0.25) is 5.91 Å². The molecule has 41 heavy (non-hydrogen) atoms. The summed E-state index contributed by atoms with van der Waals surface area (Å²) in [5.41, 5.74) is 1.46. The van der Waals surface area contributed by atoms with Gasteiger partial charge >= 0.3 is 6.09 Å². The monoisotopic (exact) mass is 568 g/mol. The summed E-state index contributed by atoms with van der Waals surface area (Å²) in [4.78, 5) is 25.6. The number of aliphatic hydroxyl groups excluding tert-OH is 1. The van der Waals surface area contributed by atoms with Crippen molar-refractivity contribution < 1.29 is 24.5 Å². The number of phenols is 1. The molecule has 2 aromatic rings. The van der Waals surface area contributed by atoms with Gasteiger partial charge in [0.25, 0.3) is 0 Å². The summed E-state index contributed by atoms with van der Waals surface area (Å²) < 4.78 is 5.49. The molecule has 0 saturated carbocycles. The number of rotatable bonds is 14. The largest absolute Gasteiger partial charge is 0.507 e. The minimum absolute atomic E-state index is 0.0201. The Morgan fingerprint density at radius 3 is 2.22 bits per heavy atom. The lowest BCUT2D eigenvalue weighted by molar-refractivity contribution is -0.130. The fourth-order valence-corrected chi connectivity index (χ4v) is 4.87. The van der Waals surface area contributed by atoms with Crippen molar-refractivity contribution in [2.45, 2.75) is 105 Å². The molecule has 0 bridgehead atoms. The molecule has 0 aromatic heterocycles. The molecule has 3 atom stereocenters. The Kier molecular flexibility index (Phi) is 12.7. The second-order valence-corrected chi connectivity index (χ2v) is 13.2. The molecule has 0 aliphatic carbocycles. The molecule has 0 aliphatic heterocycles. The fourth-order valence-electron chi connectivity index (χ4n) is 4.87. The molecular weight excluding hydrogens is 516 g/mol. The maximum Gasteiger partial charge on any atom is 0.407 e. The molecule has 0 fully saturated rings. The summed E-state index contributed by atoms with van der Waals surface area (Å²) in [6.07, 6.45) is 2.21. The minimum Gasteiger partial charge on any atom is -0.507 e. The SMILES string of the molecule is CCCCC(C)(C)C(=O)NC[C@H](O)[C@H](C[C@H](Cc1ccc(-c2ccccc2)c(O)c1)C(C)C)NC(=O)OC(C)(C)C. The molecule has 7 heteroatoms. The van der Waals surface area contributed by atoms with Crippen LogP contribution in [0, 0.1) is 17.3 Å². The molecule has 0 saturated heterocycles. The van der Waals surface area contributed by atoms with Gasteiger partial charge in [-0.25, -0.2) is 4.79 Å². The number of carbonyl (C=O) groups is 2. The number of hydrogen-bond acceptors (Lipinski definition) is 5. The Morgan fingerprint density at radius 1 is 1.00 bits per heavy atom. The third kappa shape index (κ3) is 11.4. The van der Waals surface area contributed by atoms with Gasteiger partial charge in [0.15, 0.2) is 0 Å². The van der Waals surface area contributed by atoms with E-state index in [0.29, 0.717) is 12.8 Å². The van der Waals surface area contributed by atoms with Gasteiger partial charge in [0.1, 0.15) is 11.4 Å². The highest BCUT2D eigenvalue weighted by Gasteiger charge is 2.31. The Bertz CT molecular complexity index is 1110. The first-order chi connectivity index (χ1) is 19.1. The summed E-state index contributed by atoms with van der Waals surface area (Å²) in [6.45, 7) is 15.5. The van der Waals surface area contributed by atoms with E-state index in [1.54, 1.807) is 26.8 Å². The van der Waals surface area contributed by atoms with Crippen molar-refractivity contribution in [2.75, 3.05) is 6.54 Å². The predicted octanol–water partition coefficient (Wildman–Crippen LogP) is 6.85. The van der Waals surface area contributed by atoms with Gasteiger partial charge in [-0.2, -0.15) is 0 Å². The van der Waals surface area contributed by atoms with Crippen molar-refractivity contribution >= 4 is 12.0 Å². The number of hydrogen-bond donors (Lipinski definition) is 4. The van der Waals surface area contributed by atoms with Crippen LogP contribution in [0.4, 0.5) is 4.79 Å². The molecule has 0 unspecified atom stereocenters. The van der Waals surface area contributed by atoms with Crippen LogP contribution in [0.25, 0.3) is 11.1 Å². The Morgan fingerprint density at radius 2 is 1.66 bits per heavy atom. The Labute approximate surface area is 247 Å². The van der Waals surface area contributed by atoms with Gasteiger partial charge in [0, 0.05) is 17.5 Å². The zero-order valence-electron chi connectivity index (χ0n) is 26.3. The molecule has 4 N–H and O–H groups in total. The maximum absolute atomic E-state index is 12.9. The highest BCUT2D eigenvalue weighted by atomic mass is 16.6. The van der Waals surface area contributed by atoms with Gasteiger partial charge in [0.05, 0.1) is 12.1 Å². The van der Waals surface area contributed by atoms with Crippen LogP contribution in [0.2, 0.25) is 0 Å². The first-order valence-electron chi connectivity index (χ1n) is 15.0. The maximum atomic E-state index is 12.9. The van der Waals surface area contributed by atoms with E-state index in [9.17, 15) is 19.8 Å². The number of ether oxygens (including phenoxy) is 1. The van der Waals surface area contributed by atoms with Crippen molar-refractivity contribution in [3.8, 4) is 16.9 Å². The highest BCUT2D eigenvalue weighted by Crippen LogP contribution is 2.32. The quantitative estimate of drug-likeness (QED) is 0.199. The standard InChI is InChI=1S/C34H52N2O5/c1-9-10-18-34(7,8)31(39)35-22-30(38)28(36-32(40)41-33(4,5)6)21-26(23(2)3)19-24-16-17-27(29(37)20-24)25-14-12-11-13-15-25/h11-17,20,23,26,28,30,37-38H,9-10,18-19,21-22H2,1-8H3,(H,35,39)(H,36,40)/t26-,28-,30-/m0/s1. The summed E-state index contributed by atoms with van der Waals surface area (Å²) in [7, 11) is 0. The average molecular weight is 569 g/mol. The van der Waals surface area contributed by atoms with Crippen LogP contribution in [0.15, 0.2) is 48.5 Å². The topological polar surface area (TPSA) is 108 Å². The number of carbonyl (C=O) groups excluding carboxylic acids is 2. The number of nitrogens with one attached hydrogen (secondary N) is 2. The Balaban J connectivity index is 2.20. The zero-order valence-corrected chi connectivity index (χ0v) is 26.3. The lowest BCUT2D eigenvalue weighted by atomic mass is 9.82. The van der Waals surface area contributed by atoms with Crippen LogP contribution in [-0.2, 0) is 16.0 Å². The first-order valence-corrected chi connectivity index (χ1v) is 15.0. The van der Waals surface area contributed by atoms with Crippen molar-refractivity contribution in [2.24, 2.45) is 17.3 Å². The lowest BCUT2D eigenvalue weighted by Crippen LogP contribution is -2.51. The third-order valence-corrected chi connectivity index (χ3v) is 7.55. The molecule has 7 nitrogen and oxygen atoms in total. The molecular formula is C34H52N2O5. The third-order valence-electron chi connectivity index (χ3n) is 7.55. The normalized spacial score (nSPS) is 14.3. The second kappa shape index (κ2) is 15.2. The molecule has 0 radical (unpaired) electrons. The molecule has 228 valence electrons. The van der Waals surface area contributed by atoms with Crippen LogP contribution in [0.3, 0.4) is 0 Å². The molecule has 0 aliphatic rings. The highest BCUT2D eigenvalue weighted by molar-refractivity contribution is 5.81. The first kappa shape index (κ1) is 34.1. The van der Waals surface area contributed by atoms with E-state index in [2.05, 4.69) is 31.4 Å². The molecule has 0 heterocycles. The molecule has 2 amide bonds. The van der Waals surface area contributed by atoms with Gasteiger partial charge in [-0.15, -0.1) is 0 Å². The van der Waals surface area contributed by atoms with E-state index in [4.69, 9.17) is 4.74 Å². The van der Waals surface area contributed by atoms with E-state index in [-0.39, 0.29) is 30.0 Å². The van der Waals surface area contributed by atoms with Crippen LogP contribution in [-0.4, -0.2) is 46.5 Å². The lowest BCUT2D eigenvalue weighted by Gasteiger charge is -2.32. The number of phenolic OH excluding ortho intramolecular Hbond substituents is 1. The van der Waals surface area contributed by atoms with Crippen LogP contribution < -0.4 is 10.6 Å². The summed E-state index contributed by atoms with van der Waals surface area (Å²) >= 11 is 0. The van der Waals surface area contributed by atoms with E-state index < -0.39 is 29.3 Å². The number of aliphatic hydroxyl groups is 1. The number of alkyl carbamates (subject to hydrolysis) is 1.